The summed E-state index contributed by atoms with van der Waals surface area (Å²) in [6, 6.07) is 1.39. The Morgan fingerprint density at radius 2 is 2.44 bits per heavy atom. The fraction of sp³-hybridized carbons (Fsp3) is 0.300. The molecule has 1 radical (unpaired) electrons. The Morgan fingerprint density at radius 3 is 3.00 bits per heavy atom. The zero-order valence-electron chi connectivity index (χ0n) is 8.60. The van der Waals surface area contributed by atoms with Crippen LogP contribution in [-0.4, -0.2) is 39.1 Å². The molecule has 1 heterocycles. The lowest BCUT2D eigenvalue weighted by molar-refractivity contribution is 0.0934. The molecule has 16 heavy (non-hydrogen) atoms. The molecule has 5 nitrogen and oxygen atoms in total. The number of aliphatic hydroxyl groups is 1. The van der Waals surface area contributed by atoms with Gasteiger partial charge < -0.3 is 15.5 Å². The lowest BCUT2D eigenvalue weighted by atomic mass is 10.2. The summed E-state index contributed by atoms with van der Waals surface area (Å²) in [4.78, 5) is 15.4. The molecule has 1 rings (SSSR count). The van der Waals surface area contributed by atoms with Crippen molar-refractivity contribution in [2.45, 2.75) is 13.0 Å². The number of hydrogen-bond donors (Lipinski definition) is 3. The molecule has 85 valence electrons. The topological polar surface area (TPSA) is 82.5 Å². The SMILES string of the molecule is Cc1cc(O)c(C(=O)NCC(O)[C]=S)cn1. The van der Waals surface area contributed by atoms with Crippen LogP contribution in [0.5, 0.6) is 5.75 Å². The molecule has 6 heteroatoms. The van der Waals surface area contributed by atoms with Gasteiger partial charge in [0.25, 0.3) is 5.91 Å². The predicted molar refractivity (Wildman–Crippen MR) is 61.6 cm³/mol. The molecule has 1 amide bonds. The third kappa shape index (κ3) is 3.25. The van der Waals surface area contributed by atoms with Crippen molar-refractivity contribution < 1.29 is 15.0 Å². The number of aliphatic hydroxyl groups excluding tert-OH is 1. The summed E-state index contributed by atoms with van der Waals surface area (Å²) >= 11 is 4.37. The van der Waals surface area contributed by atoms with Crippen LogP contribution in [0.15, 0.2) is 12.3 Å². The molecule has 1 unspecified atom stereocenters. The molecule has 0 saturated carbocycles. The van der Waals surface area contributed by atoms with Crippen molar-refractivity contribution in [2.24, 2.45) is 0 Å². The fourth-order valence-corrected chi connectivity index (χ4v) is 1.13. The summed E-state index contributed by atoms with van der Waals surface area (Å²) in [6.07, 6.45) is 0.271. The molecular weight excluding hydrogens is 228 g/mol. The van der Waals surface area contributed by atoms with Crippen LogP contribution >= 0.6 is 12.2 Å². The van der Waals surface area contributed by atoms with Crippen molar-refractivity contribution >= 4 is 23.5 Å². The lowest BCUT2D eigenvalue weighted by Gasteiger charge is -2.08. The first-order valence-electron chi connectivity index (χ1n) is 4.54. The van der Waals surface area contributed by atoms with Crippen LogP contribution < -0.4 is 5.32 Å². The van der Waals surface area contributed by atoms with E-state index in [4.69, 9.17) is 5.11 Å². The molecule has 0 aromatic carbocycles. The number of amides is 1. The van der Waals surface area contributed by atoms with Crippen molar-refractivity contribution in [3.8, 4) is 5.75 Å². The molecule has 0 saturated heterocycles. The fourth-order valence-electron chi connectivity index (χ4n) is 1.05. The maximum absolute atomic E-state index is 11.5. The van der Waals surface area contributed by atoms with E-state index < -0.39 is 12.0 Å². The number of aromatic hydroxyl groups is 1. The first-order valence-corrected chi connectivity index (χ1v) is 4.95. The van der Waals surface area contributed by atoms with Gasteiger partial charge in [-0.15, -0.1) is 0 Å². The standard InChI is InChI=1S/C10H11N2O3S/c1-6-2-9(14)8(4-11-6)10(15)12-3-7(13)5-16/h2,4,7,13H,3H2,1H3,(H,11,14)(H,12,15). The van der Waals surface area contributed by atoms with E-state index in [1.807, 2.05) is 0 Å². The number of aryl methyl sites for hydroxylation is 1. The monoisotopic (exact) mass is 239 g/mol. The number of carbonyl (C=O) groups excluding carboxylic acids is 1. The molecule has 0 bridgehead atoms. The number of nitrogens with zero attached hydrogens (tertiary/aromatic N) is 1. The van der Waals surface area contributed by atoms with Gasteiger partial charge in [0.15, 0.2) is 0 Å². The molecule has 1 aromatic heterocycles. The van der Waals surface area contributed by atoms with Gasteiger partial charge in [0.2, 0.25) is 0 Å². The van der Waals surface area contributed by atoms with Crippen molar-refractivity contribution in [1.82, 2.24) is 10.3 Å². The van der Waals surface area contributed by atoms with Crippen molar-refractivity contribution in [1.29, 1.82) is 0 Å². The molecule has 0 fully saturated rings. The molecule has 0 aliphatic rings. The number of hydrogen-bond acceptors (Lipinski definition) is 5. The third-order valence-corrected chi connectivity index (χ3v) is 2.13. The number of rotatable bonds is 4. The predicted octanol–water partition coefficient (Wildman–Crippen LogP) is 0.0630. The van der Waals surface area contributed by atoms with Crippen LogP contribution in [0.3, 0.4) is 0 Å². The molecule has 3 N–H and O–H groups in total. The lowest BCUT2D eigenvalue weighted by Crippen LogP contribution is -2.32. The van der Waals surface area contributed by atoms with Crippen LogP contribution in [0.25, 0.3) is 0 Å². The summed E-state index contributed by atoms with van der Waals surface area (Å²) in [5, 5.41) is 23.1. The second-order valence-corrected chi connectivity index (χ2v) is 3.42. The highest BCUT2D eigenvalue weighted by molar-refractivity contribution is 7.79. The van der Waals surface area contributed by atoms with Crippen LogP contribution in [0.1, 0.15) is 16.1 Å². The Bertz CT molecular complexity index is 409. The molecule has 0 aliphatic carbocycles. The van der Waals surface area contributed by atoms with Gasteiger partial charge >= 0.3 is 0 Å². The van der Waals surface area contributed by atoms with E-state index in [1.165, 1.54) is 12.3 Å². The van der Waals surface area contributed by atoms with Crippen molar-refractivity contribution in [2.75, 3.05) is 6.54 Å². The van der Waals surface area contributed by atoms with E-state index in [1.54, 1.807) is 6.92 Å². The van der Waals surface area contributed by atoms with Crippen LogP contribution in [-0.2, 0) is 0 Å². The van der Waals surface area contributed by atoms with Crippen molar-refractivity contribution in [3.05, 3.63) is 23.5 Å². The molecule has 1 aromatic rings. The second-order valence-electron chi connectivity index (χ2n) is 3.19. The Kier molecular flexibility index (Phi) is 4.33. The zero-order chi connectivity index (χ0) is 12.1. The second kappa shape index (κ2) is 5.53. The first kappa shape index (κ1) is 12.5. The van der Waals surface area contributed by atoms with Gasteiger partial charge in [-0.1, -0.05) is 12.2 Å². The minimum Gasteiger partial charge on any atom is -0.507 e. The largest absolute Gasteiger partial charge is 0.507 e. The van der Waals surface area contributed by atoms with Gasteiger partial charge in [-0.25, -0.2) is 0 Å². The molecule has 0 aliphatic heterocycles. The summed E-state index contributed by atoms with van der Waals surface area (Å²) in [5.41, 5.74) is 0.670. The first-order chi connectivity index (χ1) is 7.54. The van der Waals surface area contributed by atoms with Gasteiger partial charge in [0.1, 0.15) is 11.9 Å². The van der Waals surface area contributed by atoms with Gasteiger partial charge in [0.05, 0.1) is 10.9 Å². The average molecular weight is 239 g/mol. The molecule has 1 atom stereocenters. The Morgan fingerprint density at radius 1 is 1.75 bits per heavy atom. The van der Waals surface area contributed by atoms with E-state index in [2.05, 4.69) is 27.9 Å². The summed E-state index contributed by atoms with van der Waals surface area (Å²) < 4.78 is 0. The number of pyridine rings is 1. The number of thiocarbonyl (C=S) groups is 1. The quantitative estimate of drug-likeness (QED) is 0.647. The van der Waals surface area contributed by atoms with Gasteiger partial charge in [-0.3, -0.25) is 9.78 Å². The van der Waals surface area contributed by atoms with E-state index in [0.29, 0.717) is 5.69 Å². The van der Waals surface area contributed by atoms with Crippen LogP contribution in [0, 0.1) is 6.92 Å². The Hall–Kier alpha value is -1.53. The maximum atomic E-state index is 11.5. The number of carbonyl (C=O) groups is 1. The maximum Gasteiger partial charge on any atom is 0.256 e. The van der Waals surface area contributed by atoms with Crippen LogP contribution in [0.2, 0.25) is 0 Å². The minimum absolute atomic E-state index is 0.0460. The van der Waals surface area contributed by atoms with E-state index in [9.17, 15) is 9.90 Å². The van der Waals surface area contributed by atoms with Gasteiger partial charge in [-0.05, 0) is 6.92 Å². The highest BCUT2D eigenvalue weighted by Gasteiger charge is 2.12. The van der Waals surface area contributed by atoms with E-state index in [-0.39, 0.29) is 17.9 Å². The summed E-state index contributed by atoms with van der Waals surface area (Å²) in [6.45, 7) is 1.65. The Labute approximate surface area is 98.1 Å². The highest BCUT2D eigenvalue weighted by atomic mass is 32.1. The third-order valence-electron chi connectivity index (χ3n) is 1.86. The minimum atomic E-state index is -1.00. The highest BCUT2D eigenvalue weighted by Crippen LogP contribution is 2.15. The summed E-state index contributed by atoms with van der Waals surface area (Å²) in [5.74, 6) is -0.667. The van der Waals surface area contributed by atoms with E-state index >= 15 is 0 Å². The van der Waals surface area contributed by atoms with Gasteiger partial charge in [-0.2, -0.15) is 0 Å². The smallest absolute Gasteiger partial charge is 0.256 e. The number of nitrogens with one attached hydrogen (secondary N) is 1. The summed E-state index contributed by atoms with van der Waals surface area (Å²) in [7, 11) is 0. The van der Waals surface area contributed by atoms with Crippen LogP contribution in [0.4, 0.5) is 0 Å². The molecule has 0 spiro atoms. The molecular formula is C10H11N2O3S. The van der Waals surface area contributed by atoms with E-state index in [0.717, 1.165) is 0 Å². The average Bonchev–Trinajstić information content (AvgIpc) is 2.25. The zero-order valence-corrected chi connectivity index (χ0v) is 9.41. The van der Waals surface area contributed by atoms with Gasteiger partial charge in [0, 0.05) is 24.5 Å². The van der Waals surface area contributed by atoms with Crippen molar-refractivity contribution in [3.63, 3.8) is 0 Å². The number of aromatic nitrogens is 1. The Balaban J connectivity index is 2.69. The normalized spacial score (nSPS) is 11.9.